The molecule has 0 aromatic carbocycles. The SMILES string of the molecule is CC1=C2C(=O)C[C@@H]3CCCCC3C(=O)C(CC1)C2(C)C. The molecule has 0 saturated heterocycles. The molecule has 0 N–H and O–H groups in total. The molecule has 3 rings (SSSR count). The maximum atomic E-state index is 13.0. The maximum absolute atomic E-state index is 13.0. The highest BCUT2D eigenvalue weighted by atomic mass is 16.1. The number of ketones is 2. The van der Waals surface area contributed by atoms with Crippen LogP contribution in [0.1, 0.15) is 65.7 Å². The van der Waals surface area contributed by atoms with E-state index in [4.69, 9.17) is 0 Å². The van der Waals surface area contributed by atoms with Gasteiger partial charge in [0.25, 0.3) is 0 Å². The van der Waals surface area contributed by atoms with Crippen molar-refractivity contribution in [3.8, 4) is 0 Å². The van der Waals surface area contributed by atoms with Crippen LogP contribution in [0, 0.1) is 23.2 Å². The van der Waals surface area contributed by atoms with Crippen LogP contribution in [0.4, 0.5) is 0 Å². The summed E-state index contributed by atoms with van der Waals surface area (Å²) in [6, 6.07) is 0. The molecule has 3 aliphatic rings. The van der Waals surface area contributed by atoms with Gasteiger partial charge in [-0.25, -0.2) is 0 Å². The molecule has 2 bridgehead atoms. The van der Waals surface area contributed by atoms with Crippen LogP contribution in [-0.2, 0) is 9.59 Å². The number of carbonyl (C=O) groups excluding carboxylic acids is 2. The van der Waals surface area contributed by atoms with Gasteiger partial charge >= 0.3 is 0 Å². The molecule has 0 aromatic rings. The predicted molar refractivity (Wildman–Crippen MR) is 79.3 cm³/mol. The standard InChI is InChI=1S/C18H26O2/c1-11-8-9-14-17(20)13-7-5-4-6-12(13)10-15(19)16(11)18(14,2)3/h12-14H,4-10H2,1-3H3/t12-,13?,14?/m0/s1. The molecule has 2 saturated carbocycles. The zero-order valence-electron chi connectivity index (χ0n) is 13.0. The summed E-state index contributed by atoms with van der Waals surface area (Å²) in [7, 11) is 0. The van der Waals surface area contributed by atoms with Crippen molar-refractivity contribution in [2.45, 2.75) is 65.7 Å². The van der Waals surface area contributed by atoms with E-state index >= 15 is 0 Å². The van der Waals surface area contributed by atoms with Crippen molar-refractivity contribution in [2.24, 2.45) is 23.2 Å². The Balaban J connectivity index is 2.07. The number of allylic oxidation sites excluding steroid dienone is 2. The van der Waals surface area contributed by atoms with Crippen LogP contribution in [0.15, 0.2) is 11.1 Å². The van der Waals surface area contributed by atoms with E-state index < -0.39 is 0 Å². The minimum Gasteiger partial charge on any atom is -0.299 e. The Morgan fingerprint density at radius 3 is 2.50 bits per heavy atom. The highest BCUT2D eigenvalue weighted by Gasteiger charge is 2.49. The van der Waals surface area contributed by atoms with E-state index in [1.54, 1.807) is 0 Å². The molecule has 0 spiro atoms. The molecule has 110 valence electrons. The summed E-state index contributed by atoms with van der Waals surface area (Å²) in [6.45, 7) is 6.33. The number of Topliss-reactive ketones (excluding diaryl/α,β-unsaturated/α-hetero) is 2. The molecule has 2 fully saturated rings. The number of hydrogen-bond acceptors (Lipinski definition) is 2. The largest absolute Gasteiger partial charge is 0.299 e. The van der Waals surface area contributed by atoms with E-state index in [0.717, 1.165) is 37.7 Å². The van der Waals surface area contributed by atoms with Gasteiger partial charge in [0.15, 0.2) is 5.78 Å². The van der Waals surface area contributed by atoms with Crippen LogP contribution in [-0.4, -0.2) is 11.6 Å². The second-order valence-electron chi connectivity index (χ2n) is 7.65. The molecule has 0 aromatic heterocycles. The molecule has 2 heteroatoms. The fraction of sp³-hybridized carbons (Fsp3) is 0.778. The second-order valence-corrected chi connectivity index (χ2v) is 7.65. The van der Waals surface area contributed by atoms with E-state index in [1.807, 2.05) is 0 Å². The van der Waals surface area contributed by atoms with Crippen LogP contribution in [0.2, 0.25) is 0 Å². The minimum absolute atomic E-state index is 0.0658. The Morgan fingerprint density at radius 2 is 1.75 bits per heavy atom. The topological polar surface area (TPSA) is 34.1 Å². The van der Waals surface area contributed by atoms with Crippen molar-refractivity contribution in [1.29, 1.82) is 0 Å². The summed E-state index contributed by atoms with van der Waals surface area (Å²) < 4.78 is 0. The molecule has 2 nitrogen and oxygen atoms in total. The summed E-state index contributed by atoms with van der Waals surface area (Å²) in [5.74, 6) is 1.36. The van der Waals surface area contributed by atoms with Gasteiger partial charge in [-0.15, -0.1) is 0 Å². The highest BCUT2D eigenvalue weighted by molar-refractivity contribution is 6.01. The van der Waals surface area contributed by atoms with Gasteiger partial charge in [-0.05, 0) is 38.5 Å². The van der Waals surface area contributed by atoms with Crippen molar-refractivity contribution in [2.75, 3.05) is 0 Å². The number of fused-ring (bicyclic) bond motifs is 3. The molecule has 0 amide bonds. The first-order valence-corrected chi connectivity index (χ1v) is 8.20. The number of carbonyl (C=O) groups is 2. The second kappa shape index (κ2) is 4.82. The maximum Gasteiger partial charge on any atom is 0.159 e. The van der Waals surface area contributed by atoms with Crippen LogP contribution in [0.25, 0.3) is 0 Å². The van der Waals surface area contributed by atoms with Crippen molar-refractivity contribution in [1.82, 2.24) is 0 Å². The molecule has 20 heavy (non-hydrogen) atoms. The summed E-state index contributed by atoms with van der Waals surface area (Å²) in [4.78, 5) is 25.8. The lowest BCUT2D eigenvalue weighted by molar-refractivity contribution is -0.136. The molecular formula is C18H26O2. The third kappa shape index (κ3) is 1.99. The summed E-state index contributed by atoms with van der Waals surface area (Å²) in [5.41, 5.74) is 1.98. The van der Waals surface area contributed by atoms with Crippen LogP contribution in [0.3, 0.4) is 0 Å². The molecule has 0 radical (unpaired) electrons. The number of hydrogen-bond donors (Lipinski definition) is 0. The fourth-order valence-corrected chi connectivity index (χ4v) is 5.09. The monoisotopic (exact) mass is 274 g/mol. The lowest BCUT2D eigenvalue weighted by atomic mass is 9.56. The van der Waals surface area contributed by atoms with Crippen LogP contribution in [0.5, 0.6) is 0 Å². The summed E-state index contributed by atoms with van der Waals surface area (Å²) in [6.07, 6.45) is 6.92. The van der Waals surface area contributed by atoms with Gasteiger partial charge < -0.3 is 0 Å². The third-order valence-corrected chi connectivity index (χ3v) is 6.09. The minimum atomic E-state index is -0.251. The molecule has 2 unspecified atom stereocenters. The van der Waals surface area contributed by atoms with E-state index in [2.05, 4.69) is 20.8 Å². The van der Waals surface area contributed by atoms with Crippen molar-refractivity contribution in [3.63, 3.8) is 0 Å². The van der Waals surface area contributed by atoms with Crippen LogP contribution < -0.4 is 0 Å². The summed E-state index contributed by atoms with van der Waals surface area (Å²) in [5, 5.41) is 0. The van der Waals surface area contributed by atoms with Gasteiger partial charge in [-0.2, -0.15) is 0 Å². The fourth-order valence-electron chi connectivity index (χ4n) is 5.09. The predicted octanol–water partition coefficient (Wildman–Crippen LogP) is 4.09. The Labute approximate surface area is 122 Å². The lowest BCUT2D eigenvalue weighted by Crippen LogP contribution is -2.46. The first-order valence-electron chi connectivity index (χ1n) is 8.20. The molecule has 3 aliphatic carbocycles. The zero-order chi connectivity index (χ0) is 14.5. The molecule has 0 aliphatic heterocycles. The lowest BCUT2D eigenvalue weighted by Gasteiger charge is -2.46. The third-order valence-electron chi connectivity index (χ3n) is 6.09. The summed E-state index contributed by atoms with van der Waals surface area (Å²) >= 11 is 0. The van der Waals surface area contributed by atoms with Crippen molar-refractivity contribution < 1.29 is 9.59 Å². The average molecular weight is 274 g/mol. The normalized spacial score (nSPS) is 37.2. The first kappa shape index (κ1) is 14.0. The number of rotatable bonds is 0. The van der Waals surface area contributed by atoms with Crippen LogP contribution >= 0.6 is 0 Å². The van der Waals surface area contributed by atoms with E-state index in [9.17, 15) is 9.59 Å². The Kier molecular flexibility index (Phi) is 3.38. The van der Waals surface area contributed by atoms with Gasteiger partial charge in [0.05, 0.1) is 0 Å². The quantitative estimate of drug-likeness (QED) is 0.667. The Hall–Kier alpha value is -0.920. The van der Waals surface area contributed by atoms with E-state index in [1.165, 1.54) is 12.0 Å². The van der Waals surface area contributed by atoms with Crippen molar-refractivity contribution in [3.05, 3.63) is 11.1 Å². The van der Waals surface area contributed by atoms with Gasteiger partial charge in [0, 0.05) is 29.2 Å². The highest BCUT2D eigenvalue weighted by Crippen LogP contribution is 2.51. The van der Waals surface area contributed by atoms with Gasteiger partial charge in [0.2, 0.25) is 0 Å². The first-order chi connectivity index (χ1) is 9.43. The molecule has 3 atom stereocenters. The van der Waals surface area contributed by atoms with E-state index in [0.29, 0.717) is 23.9 Å². The van der Waals surface area contributed by atoms with Gasteiger partial charge in [-0.1, -0.05) is 32.3 Å². The van der Waals surface area contributed by atoms with Gasteiger partial charge in [-0.3, -0.25) is 9.59 Å². The van der Waals surface area contributed by atoms with E-state index in [-0.39, 0.29) is 17.3 Å². The average Bonchev–Trinajstić information content (AvgIpc) is 2.37. The Bertz CT molecular complexity index is 484. The molecule has 0 heterocycles. The zero-order valence-corrected chi connectivity index (χ0v) is 13.0. The van der Waals surface area contributed by atoms with Gasteiger partial charge in [0.1, 0.15) is 5.78 Å². The van der Waals surface area contributed by atoms with Crippen molar-refractivity contribution >= 4 is 11.6 Å². The molecular weight excluding hydrogens is 248 g/mol. The smallest absolute Gasteiger partial charge is 0.159 e. The Morgan fingerprint density at radius 1 is 1.05 bits per heavy atom.